The molecule has 0 aliphatic rings. The van der Waals surface area contributed by atoms with Crippen LogP contribution in [0.5, 0.6) is 0 Å². The van der Waals surface area contributed by atoms with Gasteiger partial charge >= 0.3 is 0 Å². The molecule has 0 atom stereocenters. The number of hydrogen-bond donors (Lipinski definition) is 0. The second-order valence-corrected chi connectivity index (χ2v) is 5.23. The molecule has 3 aromatic rings. The van der Waals surface area contributed by atoms with Crippen molar-refractivity contribution in [1.82, 2.24) is 4.98 Å². The van der Waals surface area contributed by atoms with Crippen molar-refractivity contribution in [2.75, 3.05) is 0 Å². The summed E-state index contributed by atoms with van der Waals surface area (Å²) in [6.07, 6.45) is 0.752. The molecule has 0 amide bonds. The molecule has 0 fully saturated rings. The van der Waals surface area contributed by atoms with Crippen molar-refractivity contribution in [3.8, 4) is 0 Å². The third-order valence-corrected chi connectivity index (χ3v) is 3.76. The maximum Gasteiger partial charge on any atom is 0.0705 e. The van der Waals surface area contributed by atoms with Crippen LogP contribution in [0.2, 0.25) is 10.0 Å². The van der Waals surface area contributed by atoms with Gasteiger partial charge in [-0.2, -0.15) is 0 Å². The highest BCUT2D eigenvalue weighted by molar-refractivity contribution is 6.42. The summed E-state index contributed by atoms with van der Waals surface area (Å²) in [7, 11) is 0. The SMILES string of the molecule is Clc1ccc(Cc2ccc3ccccc3n2)cc1Cl. The van der Waals surface area contributed by atoms with Crippen LogP contribution in [0.3, 0.4) is 0 Å². The van der Waals surface area contributed by atoms with Crippen molar-refractivity contribution in [1.29, 1.82) is 0 Å². The molecular weight excluding hydrogens is 277 g/mol. The predicted octanol–water partition coefficient (Wildman–Crippen LogP) is 5.13. The molecule has 3 rings (SSSR count). The summed E-state index contributed by atoms with van der Waals surface area (Å²) in [5.41, 5.74) is 3.15. The van der Waals surface area contributed by atoms with E-state index in [1.54, 1.807) is 0 Å². The van der Waals surface area contributed by atoms with Gasteiger partial charge in [0.05, 0.1) is 15.6 Å². The fraction of sp³-hybridized carbons (Fsp3) is 0.0625. The quantitative estimate of drug-likeness (QED) is 0.636. The monoisotopic (exact) mass is 287 g/mol. The topological polar surface area (TPSA) is 12.9 Å². The summed E-state index contributed by atoms with van der Waals surface area (Å²) >= 11 is 11.9. The molecule has 2 aromatic carbocycles. The summed E-state index contributed by atoms with van der Waals surface area (Å²) in [6, 6.07) is 17.9. The van der Waals surface area contributed by atoms with Crippen LogP contribution in [0.25, 0.3) is 10.9 Å². The molecule has 0 aliphatic heterocycles. The third kappa shape index (κ3) is 2.73. The van der Waals surface area contributed by atoms with E-state index in [1.165, 1.54) is 0 Å². The van der Waals surface area contributed by atoms with Crippen LogP contribution in [0.15, 0.2) is 54.6 Å². The lowest BCUT2D eigenvalue weighted by Crippen LogP contribution is -1.92. The number of fused-ring (bicyclic) bond motifs is 1. The Hall–Kier alpha value is -1.57. The molecule has 94 valence electrons. The summed E-state index contributed by atoms with van der Waals surface area (Å²) in [5, 5.41) is 2.32. The largest absolute Gasteiger partial charge is 0.252 e. The number of nitrogens with zero attached hydrogens (tertiary/aromatic N) is 1. The van der Waals surface area contributed by atoms with Crippen LogP contribution in [-0.2, 0) is 6.42 Å². The fourth-order valence-corrected chi connectivity index (χ4v) is 2.39. The van der Waals surface area contributed by atoms with Crippen LogP contribution >= 0.6 is 23.2 Å². The number of pyridine rings is 1. The number of para-hydroxylation sites is 1. The average molecular weight is 288 g/mol. The normalized spacial score (nSPS) is 10.8. The molecule has 0 unspecified atom stereocenters. The van der Waals surface area contributed by atoms with E-state index < -0.39 is 0 Å². The van der Waals surface area contributed by atoms with Gasteiger partial charge in [0.25, 0.3) is 0 Å². The summed E-state index contributed by atoms with van der Waals surface area (Å²) < 4.78 is 0. The zero-order chi connectivity index (χ0) is 13.2. The third-order valence-electron chi connectivity index (χ3n) is 3.03. The second kappa shape index (κ2) is 5.20. The highest BCUT2D eigenvalue weighted by Gasteiger charge is 2.03. The van der Waals surface area contributed by atoms with Crippen molar-refractivity contribution in [3.05, 3.63) is 75.9 Å². The molecule has 0 N–H and O–H groups in total. The van der Waals surface area contributed by atoms with Gasteiger partial charge in [-0.05, 0) is 29.8 Å². The molecule has 0 spiro atoms. The van der Waals surface area contributed by atoms with E-state index in [1.807, 2.05) is 42.5 Å². The molecule has 1 heterocycles. The van der Waals surface area contributed by atoms with Crippen LogP contribution in [0.4, 0.5) is 0 Å². The lowest BCUT2D eigenvalue weighted by molar-refractivity contribution is 1.10. The van der Waals surface area contributed by atoms with E-state index in [2.05, 4.69) is 17.1 Å². The van der Waals surface area contributed by atoms with Crippen molar-refractivity contribution < 1.29 is 0 Å². The maximum absolute atomic E-state index is 6.02. The van der Waals surface area contributed by atoms with Crippen LogP contribution in [0, 0.1) is 0 Å². The van der Waals surface area contributed by atoms with Crippen molar-refractivity contribution in [3.63, 3.8) is 0 Å². The first-order chi connectivity index (χ1) is 9.22. The van der Waals surface area contributed by atoms with Gasteiger partial charge in [-0.1, -0.05) is 53.5 Å². The van der Waals surface area contributed by atoms with Crippen LogP contribution < -0.4 is 0 Å². The molecular formula is C16H11Cl2N. The van der Waals surface area contributed by atoms with E-state index in [0.29, 0.717) is 10.0 Å². The zero-order valence-electron chi connectivity index (χ0n) is 10.1. The molecule has 3 heteroatoms. The average Bonchev–Trinajstić information content (AvgIpc) is 2.43. The van der Waals surface area contributed by atoms with E-state index in [-0.39, 0.29) is 0 Å². The molecule has 1 nitrogen and oxygen atoms in total. The minimum atomic E-state index is 0.580. The first-order valence-electron chi connectivity index (χ1n) is 6.01. The van der Waals surface area contributed by atoms with Gasteiger partial charge in [-0.3, -0.25) is 4.98 Å². The Morgan fingerprint density at radius 3 is 2.53 bits per heavy atom. The number of halogens is 2. The molecule has 19 heavy (non-hydrogen) atoms. The molecule has 0 saturated heterocycles. The Kier molecular flexibility index (Phi) is 3.41. The Balaban J connectivity index is 1.94. The van der Waals surface area contributed by atoms with Gasteiger partial charge in [-0.15, -0.1) is 0 Å². The standard InChI is InChI=1S/C16H11Cl2N/c17-14-8-5-11(10-15(14)18)9-13-7-6-12-3-1-2-4-16(12)19-13/h1-8,10H,9H2. The lowest BCUT2D eigenvalue weighted by atomic mass is 10.1. The first-order valence-corrected chi connectivity index (χ1v) is 6.76. The minimum Gasteiger partial charge on any atom is -0.252 e. The Bertz CT molecular complexity index is 738. The second-order valence-electron chi connectivity index (χ2n) is 4.42. The first kappa shape index (κ1) is 12.5. The molecule has 0 aliphatic carbocycles. The summed E-state index contributed by atoms with van der Waals surface area (Å²) in [4.78, 5) is 4.65. The van der Waals surface area contributed by atoms with Crippen molar-refractivity contribution in [2.24, 2.45) is 0 Å². The number of rotatable bonds is 2. The molecule has 0 bridgehead atoms. The van der Waals surface area contributed by atoms with E-state index in [0.717, 1.165) is 28.6 Å². The predicted molar refractivity (Wildman–Crippen MR) is 81.0 cm³/mol. The Morgan fingerprint density at radius 2 is 1.68 bits per heavy atom. The van der Waals surface area contributed by atoms with Crippen molar-refractivity contribution >= 4 is 34.1 Å². The van der Waals surface area contributed by atoms with E-state index in [4.69, 9.17) is 23.2 Å². The number of benzene rings is 2. The van der Waals surface area contributed by atoms with E-state index in [9.17, 15) is 0 Å². The van der Waals surface area contributed by atoms with Crippen LogP contribution in [-0.4, -0.2) is 4.98 Å². The van der Waals surface area contributed by atoms with Gasteiger partial charge in [-0.25, -0.2) is 0 Å². The number of aromatic nitrogens is 1. The van der Waals surface area contributed by atoms with Gasteiger partial charge in [0, 0.05) is 17.5 Å². The molecule has 1 aromatic heterocycles. The summed E-state index contributed by atoms with van der Waals surface area (Å²) in [5.74, 6) is 0. The zero-order valence-corrected chi connectivity index (χ0v) is 11.6. The maximum atomic E-state index is 6.02. The smallest absolute Gasteiger partial charge is 0.0705 e. The van der Waals surface area contributed by atoms with Gasteiger partial charge in [0.15, 0.2) is 0 Å². The van der Waals surface area contributed by atoms with Crippen molar-refractivity contribution in [2.45, 2.75) is 6.42 Å². The minimum absolute atomic E-state index is 0.580. The summed E-state index contributed by atoms with van der Waals surface area (Å²) in [6.45, 7) is 0. The highest BCUT2D eigenvalue weighted by Crippen LogP contribution is 2.24. The van der Waals surface area contributed by atoms with Gasteiger partial charge in [0.1, 0.15) is 0 Å². The Morgan fingerprint density at radius 1 is 0.842 bits per heavy atom. The van der Waals surface area contributed by atoms with Crippen LogP contribution in [0.1, 0.15) is 11.3 Å². The Labute approximate surface area is 121 Å². The fourth-order valence-electron chi connectivity index (χ4n) is 2.07. The number of hydrogen-bond acceptors (Lipinski definition) is 1. The lowest BCUT2D eigenvalue weighted by Gasteiger charge is -2.04. The molecule has 0 saturated carbocycles. The highest BCUT2D eigenvalue weighted by atomic mass is 35.5. The van der Waals surface area contributed by atoms with E-state index >= 15 is 0 Å². The van der Waals surface area contributed by atoms with Gasteiger partial charge < -0.3 is 0 Å². The molecule has 0 radical (unpaired) electrons. The van der Waals surface area contributed by atoms with Gasteiger partial charge in [0.2, 0.25) is 0 Å².